The van der Waals surface area contributed by atoms with Gasteiger partial charge in [0, 0.05) is 10.0 Å². The third-order valence-electron chi connectivity index (χ3n) is 2.77. The zero-order chi connectivity index (χ0) is 11.5. The Hall–Kier alpha value is -1.16. The summed E-state index contributed by atoms with van der Waals surface area (Å²) in [6.45, 7) is 1.29. The quantitative estimate of drug-likeness (QED) is 0.678. The summed E-state index contributed by atoms with van der Waals surface area (Å²) in [5, 5.41) is 0. The second-order valence-electron chi connectivity index (χ2n) is 3.95. The molecule has 1 heterocycles. The van der Waals surface area contributed by atoms with Gasteiger partial charge >= 0.3 is 0 Å². The smallest absolute Gasteiger partial charge is 0.243 e. The van der Waals surface area contributed by atoms with E-state index in [-0.39, 0.29) is 5.78 Å². The second-order valence-corrected chi connectivity index (χ2v) is 4.86. The Bertz CT molecular complexity index is 437. The van der Waals surface area contributed by atoms with Crippen molar-refractivity contribution in [3.63, 3.8) is 0 Å². The van der Waals surface area contributed by atoms with E-state index >= 15 is 0 Å². The summed E-state index contributed by atoms with van der Waals surface area (Å²) in [4.78, 5) is 11.9. The number of hydrogen-bond donors (Lipinski definition) is 1. The summed E-state index contributed by atoms with van der Waals surface area (Å²) in [6, 6.07) is 7.42. The summed E-state index contributed by atoms with van der Waals surface area (Å²) in [5.41, 5.74) is 6.55. The number of hydrogen-bond acceptors (Lipinski definition) is 2. The van der Waals surface area contributed by atoms with Crippen LogP contribution >= 0.6 is 15.9 Å². The molecule has 2 rings (SSSR count). The first kappa shape index (κ1) is 11.3. The molecule has 0 fully saturated rings. The van der Waals surface area contributed by atoms with E-state index < -0.39 is 0 Å². The monoisotopic (exact) mass is 281 g/mol. The minimum absolute atomic E-state index is 0.123. The highest BCUT2D eigenvalue weighted by molar-refractivity contribution is 9.10. The molecule has 84 valence electrons. The molecule has 0 saturated heterocycles. The molecule has 0 atom stereocenters. The summed E-state index contributed by atoms with van der Waals surface area (Å²) < 4.78 is 2.95. The SMILES string of the molecule is NC1=[N+](CC(=O)c2ccc(Br)cc2)CCC1. The predicted octanol–water partition coefficient (Wildman–Crippen LogP) is 1.80. The number of carbonyl (C=O) groups is 1. The number of nitrogens with two attached hydrogens (primary N) is 1. The topological polar surface area (TPSA) is 46.1 Å². The van der Waals surface area contributed by atoms with Crippen molar-refractivity contribution in [1.29, 1.82) is 0 Å². The Morgan fingerprint density at radius 3 is 2.62 bits per heavy atom. The van der Waals surface area contributed by atoms with Gasteiger partial charge in [-0.1, -0.05) is 28.1 Å². The van der Waals surface area contributed by atoms with Crippen LogP contribution in [0, 0.1) is 0 Å². The summed E-state index contributed by atoms with van der Waals surface area (Å²) in [5.74, 6) is 0.961. The summed E-state index contributed by atoms with van der Waals surface area (Å²) in [7, 11) is 0. The lowest BCUT2D eigenvalue weighted by molar-refractivity contribution is -0.507. The lowest BCUT2D eigenvalue weighted by atomic mass is 10.1. The molecule has 0 saturated carbocycles. The molecule has 0 spiro atoms. The fourth-order valence-electron chi connectivity index (χ4n) is 1.83. The van der Waals surface area contributed by atoms with Gasteiger partial charge < -0.3 is 0 Å². The minimum Gasteiger partial charge on any atom is -0.291 e. The van der Waals surface area contributed by atoms with Crippen molar-refractivity contribution in [3.05, 3.63) is 34.3 Å². The number of Topliss-reactive ketones (excluding diaryl/α,β-unsaturated/α-hetero) is 1. The molecule has 1 aromatic carbocycles. The van der Waals surface area contributed by atoms with Gasteiger partial charge in [-0.05, 0) is 18.6 Å². The summed E-state index contributed by atoms with van der Waals surface area (Å²) >= 11 is 3.35. The van der Waals surface area contributed by atoms with Crippen LogP contribution in [0.15, 0.2) is 28.7 Å². The fourth-order valence-corrected chi connectivity index (χ4v) is 2.10. The van der Waals surface area contributed by atoms with Crippen LogP contribution in [0.25, 0.3) is 0 Å². The molecular weight excluding hydrogens is 268 g/mol. The van der Waals surface area contributed by atoms with E-state index in [4.69, 9.17) is 5.73 Å². The summed E-state index contributed by atoms with van der Waals surface area (Å²) in [6.07, 6.45) is 1.97. The number of benzene rings is 1. The maximum atomic E-state index is 11.9. The van der Waals surface area contributed by atoms with Crippen LogP contribution in [0.4, 0.5) is 0 Å². The van der Waals surface area contributed by atoms with E-state index in [0.717, 1.165) is 35.3 Å². The van der Waals surface area contributed by atoms with Crippen LogP contribution in [-0.4, -0.2) is 29.3 Å². The highest BCUT2D eigenvalue weighted by Gasteiger charge is 2.19. The Morgan fingerprint density at radius 1 is 1.38 bits per heavy atom. The van der Waals surface area contributed by atoms with Gasteiger partial charge in [-0.2, -0.15) is 0 Å². The van der Waals surface area contributed by atoms with Crippen LogP contribution in [-0.2, 0) is 0 Å². The fraction of sp³-hybridized carbons (Fsp3) is 0.333. The average Bonchev–Trinajstić information content (AvgIpc) is 2.65. The van der Waals surface area contributed by atoms with E-state index in [1.807, 2.05) is 28.8 Å². The number of amidine groups is 1. The van der Waals surface area contributed by atoms with E-state index in [2.05, 4.69) is 15.9 Å². The molecule has 16 heavy (non-hydrogen) atoms. The molecule has 3 nitrogen and oxygen atoms in total. The van der Waals surface area contributed by atoms with Gasteiger partial charge in [-0.15, -0.1) is 0 Å². The second kappa shape index (κ2) is 4.78. The maximum Gasteiger partial charge on any atom is 0.243 e. The molecular formula is C12H14BrN2O+. The van der Waals surface area contributed by atoms with Crippen molar-refractivity contribution >= 4 is 27.5 Å². The van der Waals surface area contributed by atoms with E-state index in [0.29, 0.717) is 6.54 Å². The molecule has 0 amide bonds. The van der Waals surface area contributed by atoms with E-state index in [1.165, 1.54) is 0 Å². The molecule has 0 unspecified atom stereocenters. The van der Waals surface area contributed by atoms with E-state index in [1.54, 1.807) is 0 Å². The van der Waals surface area contributed by atoms with Crippen molar-refractivity contribution in [2.75, 3.05) is 13.1 Å². The van der Waals surface area contributed by atoms with Gasteiger partial charge in [0.25, 0.3) is 0 Å². The highest BCUT2D eigenvalue weighted by atomic mass is 79.9. The molecule has 1 aliphatic rings. The molecule has 0 radical (unpaired) electrons. The minimum atomic E-state index is 0.123. The zero-order valence-electron chi connectivity index (χ0n) is 8.95. The lowest BCUT2D eigenvalue weighted by Crippen LogP contribution is -2.27. The number of ketones is 1. The number of halogens is 1. The number of nitrogens with zero attached hydrogens (tertiary/aromatic N) is 1. The van der Waals surface area contributed by atoms with Gasteiger partial charge in [0.05, 0.1) is 13.0 Å². The van der Waals surface area contributed by atoms with Crippen LogP contribution < -0.4 is 5.73 Å². The van der Waals surface area contributed by atoms with Crippen LogP contribution in [0.5, 0.6) is 0 Å². The third-order valence-corrected chi connectivity index (χ3v) is 3.30. The first-order valence-electron chi connectivity index (χ1n) is 5.32. The first-order valence-corrected chi connectivity index (χ1v) is 6.11. The Kier molecular flexibility index (Phi) is 3.39. The van der Waals surface area contributed by atoms with Crippen LogP contribution in [0.2, 0.25) is 0 Å². The van der Waals surface area contributed by atoms with Crippen LogP contribution in [0.1, 0.15) is 23.2 Å². The van der Waals surface area contributed by atoms with E-state index in [9.17, 15) is 4.79 Å². The van der Waals surface area contributed by atoms with Crippen molar-refractivity contribution < 1.29 is 9.37 Å². The Morgan fingerprint density at radius 2 is 2.06 bits per heavy atom. The molecule has 4 heteroatoms. The Labute approximate surface area is 103 Å². The zero-order valence-corrected chi connectivity index (χ0v) is 10.5. The molecule has 2 N–H and O–H groups in total. The third kappa shape index (κ3) is 2.50. The van der Waals surface area contributed by atoms with Gasteiger partial charge in [-0.25, -0.2) is 0 Å². The Balaban J connectivity index is 2.09. The lowest BCUT2D eigenvalue weighted by Gasteiger charge is -2.03. The molecule has 0 aliphatic carbocycles. The maximum absolute atomic E-state index is 11.9. The molecule has 0 bridgehead atoms. The van der Waals surface area contributed by atoms with Gasteiger partial charge in [-0.3, -0.25) is 15.1 Å². The number of carbonyl (C=O) groups excluding carboxylic acids is 1. The van der Waals surface area contributed by atoms with Gasteiger partial charge in [0.2, 0.25) is 11.6 Å². The first-order chi connectivity index (χ1) is 7.66. The highest BCUT2D eigenvalue weighted by Crippen LogP contribution is 2.11. The standard InChI is InChI=1S/C12H13BrN2O/c13-10-5-3-9(4-6-10)11(16)8-15-7-1-2-12(15)14/h3-6,14H,1-2,7-8H2/p+1. The molecule has 0 aromatic heterocycles. The normalized spacial score (nSPS) is 15.6. The number of rotatable bonds is 3. The van der Waals surface area contributed by atoms with Crippen molar-refractivity contribution in [2.24, 2.45) is 5.73 Å². The van der Waals surface area contributed by atoms with Gasteiger partial charge in [0.15, 0.2) is 0 Å². The largest absolute Gasteiger partial charge is 0.291 e. The molecule has 1 aromatic rings. The van der Waals surface area contributed by atoms with Crippen molar-refractivity contribution in [3.8, 4) is 0 Å². The van der Waals surface area contributed by atoms with Crippen molar-refractivity contribution in [2.45, 2.75) is 12.8 Å². The van der Waals surface area contributed by atoms with Crippen molar-refractivity contribution in [1.82, 2.24) is 0 Å². The average molecular weight is 282 g/mol. The van der Waals surface area contributed by atoms with Gasteiger partial charge in [0.1, 0.15) is 6.54 Å². The molecule has 1 aliphatic heterocycles. The van der Waals surface area contributed by atoms with Crippen LogP contribution in [0.3, 0.4) is 0 Å². The predicted molar refractivity (Wildman–Crippen MR) is 66.9 cm³/mol.